The fourth-order valence-corrected chi connectivity index (χ4v) is 3.63. The molecule has 2 aromatic heterocycles. The van der Waals surface area contributed by atoms with Gasteiger partial charge in [0.15, 0.2) is 16.7 Å². The summed E-state index contributed by atoms with van der Waals surface area (Å²) < 4.78 is 16.0. The number of carbonyl (C=O) groups is 2. The number of amides is 1. The van der Waals surface area contributed by atoms with E-state index in [4.69, 9.17) is 13.9 Å². The van der Waals surface area contributed by atoms with E-state index >= 15 is 0 Å². The summed E-state index contributed by atoms with van der Waals surface area (Å²) in [5, 5.41) is 2.91. The van der Waals surface area contributed by atoms with Crippen LogP contribution < -0.4 is 5.32 Å². The third-order valence-electron chi connectivity index (χ3n) is 3.81. The Balaban J connectivity index is 1.86. The molecule has 7 nitrogen and oxygen atoms in total. The maximum absolute atomic E-state index is 13.0. The number of thiazole rings is 1. The lowest BCUT2D eigenvalue weighted by Gasteiger charge is -2.20. The Hall–Kier alpha value is -2.19. The first-order valence-electron chi connectivity index (χ1n) is 8.50. The Labute approximate surface area is 155 Å². The van der Waals surface area contributed by atoms with Gasteiger partial charge in [-0.15, -0.1) is 0 Å². The molecule has 3 rings (SSSR count). The van der Waals surface area contributed by atoms with E-state index in [9.17, 15) is 9.59 Å². The lowest BCUT2D eigenvalue weighted by molar-refractivity contribution is 0.0547. The molecule has 0 atom stereocenters. The zero-order valence-electron chi connectivity index (χ0n) is 15.0. The van der Waals surface area contributed by atoms with Crippen molar-refractivity contribution in [1.82, 2.24) is 4.98 Å². The molecule has 0 spiro atoms. The van der Waals surface area contributed by atoms with Crippen LogP contribution in [0.1, 0.15) is 43.3 Å². The number of furan rings is 1. The summed E-state index contributed by atoms with van der Waals surface area (Å²) in [5.41, 5.74) is -0.172. The van der Waals surface area contributed by atoms with E-state index in [2.05, 4.69) is 10.3 Å². The van der Waals surface area contributed by atoms with Crippen LogP contribution in [0, 0.1) is 5.92 Å². The second kappa shape index (κ2) is 7.59. The van der Waals surface area contributed by atoms with Crippen LogP contribution in [-0.4, -0.2) is 35.7 Å². The van der Waals surface area contributed by atoms with Crippen LogP contribution in [0.5, 0.6) is 0 Å². The Bertz CT molecular complexity index is 770. The Morgan fingerprint density at radius 3 is 2.65 bits per heavy atom. The third-order valence-corrected chi connectivity index (χ3v) is 4.79. The van der Waals surface area contributed by atoms with Crippen LogP contribution in [0.3, 0.4) is 0 Å². The molecule has 1 aliphatic heterocycles. The van der Waals surface area contributed by atoms with Crippen molar-refractivity contribution in [2.24, 2.45) is 5.92 Å². The minimum absolute atomic E-state index is 0.00874. The number of nitrogens with one attached hydrogen (secondary N) is 1. The number of ketones is 1. The SMILES string of the molecule is CC(C)(C)OC(=O)Nc1nc(-c2ccco2)c(C(=O)C2CCOCC2)s1. The molecule has 0 unspecified atom stereocenters. The van der Waals surface area contributed by atoms with Gasteiger partial charge in [-0.05, 0) is 45.7 Å². The van der Waals surface area contributed by atoms with Crippen molar-refractivity contribution < 1.29 is 23.5 Å². The second-order valence-corrected chi connectivity index (χ2v) is 8.05. The average molecular weight is 378 g/mol. The van der Waals surface area contributed by atoms with Crippen molar-refractivity contribution in [3.63, 3.8) is 0 Å². The average Bonchev–Trinajstić information content (AvgIpc) is 3.22. The first kappa shape index (κ1) is 18.6. The molecule has 140 valence electrons. The molecular weight excluding hydrogens is 356 g/mol. The number of hydrogen-bond acceptors (Lipinski definition) is 7. The van der Waals surface area contributed by atoms with Gasteiger partial charge in [-0.2, -0.15) is 0 Å². The molecule has 1 amide bonds. The quantitative estimate of drug-likeness (QED) is 0.795. The predicted molar refractivity (Wildman–Crippen MR) is 97.5 cm³/mol. The van der Waals surface area contributed by atoms with Gasteiger partial charge in [-0.25, -0.2) is 9.78 Å². The summed E-state index contributed by atoms with van der Waals surface area (Å²) in [5.74, 6) is 0.399. The van der Waals surface area contributed by atoms with Crippen molar-refractivity contribution in [2.75, 3.05) is 18.5 Å². The van der Waals surface area contributed by atoms with E-state index in [1.54, 1.807) is 32.9 Å². The molecule has 1 fully saturated rings. The summed E-state index contributed by atoms with van der Waals surface area (Å²) in [7, 11) is 0. The van der Waals surface area contributed by atoms with E-state index in [0.717, 1.165) is 11.3 Å². The summed E-state index contributed by atoms with van der Waals surface area (Å²) in [6.07, 6.45) is 2.28. The van der Waals surface area contributed by atoms with Crippen LogP contribution in [0.2, 0.25) is 0 Å². The van der Waals surface area contributed by atoms with Gasteiger partial charge < -0.3 is 13.9 Å². The molecule has 1 aliphatic rings. The standard InChI is InChI=1S/C18H22N2O5S/c1-18(2,3)25-17(22)20-16-19-13(12-5-4-8-24-12)15(26-16)14(21)11-6-9-23-10-7-11/h4-5,8,11H,6-7,9-10H2,1-3H3,(H,19,20,22). The maximum atomic E-state index is 13.0. The summed E-state index contributed by atoms with van der Waals surface area (Å²) in [6.45, 7) is 6.50. The van der Waals surface area contributed by atoms with E-state index in [-0.39, 0.29) is 11.7 Å². The molecule has 2 aromatic rings. The molecule has 26 heavy (non-hydrogen) atoms. The molecule has 0 bridgehead atoms. The van der Waals surface area contributed by atoms with Crippen molar-refractivity contribution >= 4 is 28.3 Å². The van der Waals surface area contributed by atoms with Gasteiger partial charge in [-0.1, -0.05) is 11.3 Å². The molecule has 1 saturated heterocycles. The predicted octanol–water partition coefficient (Wildman–Crippen LogP) is 4.36. The molecule has 3 heterocycles. The van der Waals surface area contributed by atoms with Gasteiger partial charge in [0.2, 0.25) is 0 Å². The van der Waals surface area contributed by atoms with Gasteiger partial charge in [0.25, 0.3) is 0 Å². The minimum atomic E-state index is -0.619. The topological polar surface area (TPSA) is 90.7 Å². The fourth-order valence-electron chi connectivity index (χ4n) is 2.66. The van der Waals surface area contributed by atoms with Crippen LogP contribution >= 0.6 is 11.3 Å². The monoisotopic (exact) mass is 378 g/mol. The normalized spacial score (nSPS) is 15.7. The van der Waals surface area contributed by atoms with Crippen LogP contribution in [0.4, 0.5) is 9.93 Å². The van der Waals surface area contributed by atoms with Crippen molar-refractivity contribution in [2.45, 2.75) is 39.2 Å². The zero-order valence-corrected chi connectivity index (χ0v) is 15.9. The van der Waals surface area contributed by atoms with Gasteiger partial charge in [0.05, 0.1) is 6.26 Å². The van der Waals surface area contributed by atoms with Crippen LogP contribution in [0.15, 0.2) is 22.8 Å². The smallest absolute Gasteiger partial charge is 0.413 e. The molecule has 0 radical (unpaired) electrons. The first-order valence-corrected chi connectivity index (χ1v) is 9.32. The summed E-state index contributed by atoms with van der Waals surface area (Å²) in [4.78, 5) is 29.9. The molecule has 0 aromatic carbocycles. The third kappa shape index (κ3) is 4.50. The number of carbonyl (C=O) groups excluding carboxylic acids is 2. The molecule has 1 N–H and O–H groups in total. The summed E-state index contributed by atoms with van der Waals surface area (Å²) in [6, 6.07) is 3.48. The Morgan fingerprint density at radius 2 is 2.04 bits per heavy atom. The highest BCUT2D eigenvalue weighted by atomic mass is 32.1. The number of aromatic nitrogens is 1. The number of Topliss-reactive ketones (excluding diaryl/α,β-unsaturated/α-hetero) is 1. The van der Waals surface area contributed by atoms with Crippen molar-refractivity contribution in [1.29, 1.82) is 0 Å². The fraction of sp³-hybridized carbons (Fsp3) is 0.500. The molecule has 0 aliphatic carbocycles. The van der Waals surface area contributed by atoms with Gasteiger partial charge in [0, 0.05) is 19.1 Å². The number of hydrogen-bond donors (Lipinski definition) is 1. The number of nitrogens with zero attached hydrogens (tertiary/aromatic N) is 1. The van der Waals surface area contributed by atoms with E-state index in [1.165, 1.54) is 6.26 Å². The first-order chi connectivity index (χ1) is 12.3. The van der Waals surface area contributed by atoms with Gasteiger partial charge in [0.1, 0.15) is 16.2 Å². The molecular formula is C18H22N2O5S. The van der Waals surface area contributed by atoms with Gasteiger partial charge >= 0.3 is 6.09 Å². The van der Waals surface area contributed by atoms with E-state index < -0.39 is 11.7 Å². The van der Waals surface area contributed by atoms with Crippen molar-refractivity contribution in [3.05, 3.63) is 23.3 Å². The second-order valence-electron chi connectivity index (χ2n) is 7.05. The number of anilines is 1. The van der Waals surface area contributed by atoms with Crippen molar-refractivity contribution in [3.8, 4) is 11.5 Å². The van der Waals surface area contributed by atoms with Gasteiger partial charge in [-0.3, -0.25) is 10.1 Å². The minimum Gasteiger partial charge on any atom is -0.463 e. The Morgan fingerprint density at radius 1 is 1.31 bits per heavy atom. The highest BCUT2D eigenvalue weighted by Gasteiger charge is 2.29. The van der Waals surface area contributed by atoms with Crippen LogP contribution in [-0.2, 0) is 9.47 Å². The molecule has 8 heteroatoms. The highest BCUT2D eigenvalue weighted by molar-refractivity contribution is 7.18. The summed E-state index contributed by atoms with van der Waals surface area (Å²) >= 11 is 1.14. The zero-order chi connectivity index (χ0) is 18.7. The maximum Gasteiger partial charge on any atom is 0.413 e. The molecule has 0 saturated carbocycles. The number of ether oxygens (including phenoxy) is 2. The number of rotatable bonds is 4. The lowest BCUT2D eigenvalue weighted by Crippen LogP contribution is -2.27. The highest BCUT2D eigenvalue weighted by Crippen LogP contribution is 2.35. The Kier molecular flexibility index (Phi) is 5.43. The van der Waals surface area contributed by atoms with E-state index in [1.807, 2.05) is 0 Å². The van der Waals surface area contributed by atoms with Crippen LogP contribution in [0.25, 0.3) is 11.5 Å². The van der Waals surface area contributed by atoms with E-state index in [0.29, 0.717) is 47.5 Å². The lowest BCUT2D eigenvalue weighted by atomic mass is 9.94. The largest absolute Gasteiger partial charge is 0.463 e.